The number of anilines is 1. The first-order chi connectivity index (χ1) is 9.54. The van der Waals surface area contributed by atoms with Gasteiger partial charge in [-0.25, -0.2) is 0 Å². The Balaban J connectivity index is 2.24. The molecule has 110 valence electrons. The fourth-order valence-electron chi connectivity index (χ4n) is 3.02. The van der Waals surface area contributed by atoms with Crippen LogP contribution in [-0.2, 0) is 6.54 Å². The molecule has 0 radical (unpaired) electrons. The summed E-state index contributed by atoms with van der Waals surface area (Å²) < 4.78 is 0. The third-order valence-electron chi connectivity index (χ3n) is 4.45. The van der Waals surface area contributed by atoms with Crippen LogP contribution in [-0.4, -0.2) is 29.5 Å². The Morgan fingerprint density at radius 1 is 1.45 bits per heavy atom. The minimum absolute atomic E-state index is 0.155. The lowest BCUT2D eigenvalue weighted by Gasteiger charge is -2.38. The topological polar surface area (TPSA) is 58.4 Å². The van der Waals surface area contributed by atoms with Gasteiger partial charge in [0.2, 0.25) is 0 Å². The Morgan fingerprint density at radius 2 is 2.20 bits per heavy atom. The third-order valence-corrected chi connectivity index (χ3v) is 4.45. The molecule has 5 heteroatoms. The van der Waals surface area contributed by atoms with E-state index in [0.717, 1.165) is 18.7 Å². The Bertz CT molecular complexity index is 490. The maximum absolute atomic E-state index is 11.1. The lowest BCUT2D eigenvalue weighted by Crippen LogP contribution is -2.41. The quantitative estimate of drug-likeness (QED) is 0.678. The Morgan fingerprint density at radius 3 is 2.85 bits per heavy atom. The van der Waals surface area contributed by atoms with E-state index < -0.39 is 0 Å². The summed E-state index contributed by atoms with van der Waals surface area (Å²) in [6, 6.07) is 5.82. The largest absolute Gasteiger partial charge is 0.382 e. The molecular formula is C15H23N3O2. The number of nitro benzene ring substituents is 1. The zero-order valence-corrected chi connectivity index (χ0v) is 12.4. The predicted octanol–water partition coefficient (Wildman–Crippen LogP) is 3.26. The highest BCUT2D eigenvalue weighted by molar-refractivity contribution is 5.66. The molecule has 2 unspecified atom stereocenters. The number of hydrogen-bond donors (Lipinski definition) is 1. The van der Waals surface area contributed by atoms with Crippen molar-refractivity contribution in [2.75, 3.05) is 18.9 Å². The molecule has 1 N–H and O–H groups in total. The molecule has 0 bridgehead atoms. The molecule has 1 fully saturated rings. The first-order valence-corrected chi connectivity index (χ1v) is 7.22. The minimum atomic E-state index is -0.322. The van der Waals surface area contributed by atoms with Crippen molar-refractivity contribution >= 4 is 11.4 Å². The van der Waals surface area contributed by atoms with Gasteiger partial charge in [-0.15, -0.1) is 0 Å². The normalized spacial score (nSPS) is 23.6. The lowest BCUT2D eigenvalue weighted by atomic mass is 9.91. The lowest BCUT2D eigenvalue weighted by molar-refractivity contribution is -0.384. The maximum atomic E-state index is 11.1. The van der Waals surface area contributed by atoms with Gasteiger partial charge in [0.15, 0.2) is 0 Å². The van der Waals surface area contributed by atoms with Crippen LogP contribution < -0.4 is 5.32 Å². The molecule has 1 aliphatic rings. The summed E-state index contributed by atoms with van der Waals surface area (Å²) >= 11 is 0. The third kappa shape index (κ3) is 2.93. The first kappa shape index (κ1) is 14.8. The van der Waals surface area contributed by atoms with Gasteiger partial charge in [-0.05, 0) is 37.8 Å². The molecule has 20 heavy (non-hydrogen) atoms. The molecule has 5 nitrogen and oxygen atoms in total. The average Bonchev–Trinajstić information content (AvgIpc) is 2.43. The Hall–Kier alpha value is -1.62. The summed E-state index contributed by atoms with van der Waals surface area (Å²) in [5, 5.41) is 14.1. The van der Waals surface area contributed by atoms with Gasteiger partial charge in [0, 0.05) is 25.7 Å². The summed E-state index contributed by atoms with van der Waals surface area (Å²) in [5.74, 6) is 0.681. The number of likely N-dealkylation sites (tertiary alicyclic amines) is 1. The van der Waals surface area contributed by atoms with Gasteiger partial charge < -0.3 is 5.32 Å². The fraction of sp³-hybridized carbons (Fsp3) is 0.600. The van der Waals surface area contributed by atoms with Gasteiger partial charge in [0.1, 0.15) is 5.69 Å². The van der Waals surface area contributed by atoms with Crippen molar-refractivity contribution in [2.24, 2.45) is 5.92 Å². The van der Waals surface area contributed by atoms with E-state index in [0.29, 0.717) is 17.6 Å². The van der Waals surface area contributed by atoms with Crippen molar-refractivity contribution in [3.63, 3.8) is 0 Å². The summed E-state index contributed by atoms with van der Waals surface area (Å²) in [5.41, 5.74) is 1.80. The van der Waals surface area contributed by atoms with E-state index in [1.807, 2.05) is 6.07 Å². The number of nitrogens with zero attached hydrogens (tertiary/aromatic N) is 2. The molecule has 0 saturated carbocycles. The molecule has 1 aromatic rings. The standard InChI is InChI=1S/C15H23N3O2/c1-11-6-5-9-17(12(11)2)10-13-7-4-8-14(18(19)20)15(13)16-3/h4,7-8,11-12,16H,5-6,9-10H2,1-3H3. The van der Waals surface area contributed by atoms with Crippen molar-refractivity contribution in [3.8, 4) is 0 Å². The van der Waals surface area contributed by atoms with Crippen molar-refractivity contribution in [1.29, 1.82) is 0 Å². The highest BCUT2D eigenvalue weighted by Gasteiger charge is 2.26. The summed E-state index contributed by atoms with van der Waals surface area (Å²) in [6.45, 7) is 6.37. The molecule has 0 spiro atoms. The van der Waals surface area contributed by atoms with Crippen LogP contribution in [0.3, 0.4) is 0 Å². The van der Waals surface area contributed by atoms with Crippen molar-refractivity contribution in [3.05, 3.63) is 33.9 Å². The zero-order valence-electron chi connectivity index (χ0n) is 12.4. The molecular weight excluding hydrogens is 254 g/mol. The molecule has 0 aliphatic carbocycles. The van der Waals surface area contributed by atoms with Gasteiger partial charge in [-0.2, -0.15) is 0 Å². The van der Waals surface area contributed by atoms with Gasteiger partial charge in [-0.1, -0.05) is 19.1 Å². The van der Waals surface area contributed by atoms with Gasteiger partial charge in [0.05, 0.1) is 4.92 Å². The monoisotopic (exact) mass is 277 g/mol. The van der Waals surface area contributed by atoms with E-state index in [1.165, 1.54) is 12.8 Å². The van der Waals surface area contributed by atoms with E-state index in [2.05, 4.69) is 24.1 Å². The number of nitro groups is 1. The second-order valence-electron chi connectivity index (χ2n) is 5.65. The molecule has 1 aromatic carbocycles. The molecule has 0 amide bonds. The molecule has 2 rings (SSSR count). The van der Waals surface area contributed by atoms with Gasteiger partial charge >= 0.3 is 0 Å². The van der Waals surface area contributed by atoms with Crippen LogP contribution >= 0.6 is 0 Å². The van der Waals surface area contributed by atoms with Crippen LogP contribution in [0.25, 0.3) is 0 Å². The number of benzene rings is 1. The number of para-hydroxylation sites is 1. The van der Waals surface area contributed by atoms with Crippen LogP contribution in [0.4, 0.5) is 11.4 Å². The van der Waals surface area contributed by atoms with E-state index in [4.69, 9.17) is 0 Å². The van der Waals surface area contributed by atoms with Crippen LogP contribution in [0.5, 0.6) is 0 Å². The van der Waals surface area contributed by atoms with Crippen molar-refractivity contribution in [2.45, 2.75) is 39.3 Å². The number of hydrogen-bond acceptors (Lipinski definition) is 4. The molecule has 1 saturated heterocycles. The highest BCUT2D eigenvalue weighted by Crippen LogP contribution is 2.31. The molecule has 1 heterocycles. The summed E-state index contributed by atoms with van der Waals surface area (Å²) in [4.78, 5) is 13.2. The fourth-order valence-corrected chi connectivity index (χ4v) is 3.02. The maximum Gasteiger partial charge on any atom is 0.292 e. The zero-order chi connectivity index (χ0) is 14.7. The van der Waals surface area contributed by atoms with E-state index in [9.17, 15) is 10.1 Å². The number of rotatable bonds is 4. The van der Waals surface area contributed by atoms with Crippen LogP contribution in [0, 0.1) is 16.0 Å². The average molecular weight is 277 g/mol. The SMILES string of the molecule is CNc1c(CN2CCCC(C)C2C)cccc1[N+](=O)[O-]. The Kier molecular flexibility index (Phi) is 4.60. The van der Waals surface area contributed by atoms with Crippen LogP contribution in [0.15, 0.2) is 18.2 Å². The van der Waals surface area contributed by atoms with E-state index in [1.54, 1.807) is 19.2 Å². The van der Waals surface area contributed by atoms with E-state index in [-0.39, 0.29) is 10.6 Å². The predicted molar refractivity (Wildman–Crippen MR) is 80.9 cm³/mol. The van der Waals surface area contributed by atoms with Crippen LogP contribution in [0.2, 0.25) is 0 Å². The smallest absolute Gasteiger partial charge is 0.292 e. The molecule has 1 aliphatic heterocycles. The highest BCUT2D eigenvalue weighted by atomic mass is 16.6. The van der Waals surface area contributed by atoms with Crippen LogP contribution in [0.1, 0.15) is 32.3 Å². The van der Waals surface area contributed by atoms with Crippen molar-refractivity contribution in [1.82, 2.24) is 4.90 Å². The summed E-state index contributed by atoms with van der Waals surface area (Å²) in [6.07, 6.45) is 2.47. The first-order valence-electron chi connectivity index (χ1n) is 7.22. The van der Waals surface area contributed by atoms with Gasteiger partial charge in [0.25, 0.3) is 5.69 Å². The number of nitrogens with one attached hydrogen (secondary N) is 1. The van der Waals surface area contributed by atoms with Gasteiger partial charge in [-0.3, -0.25) is 15.0 Å². The summed E-state index contributed by atoms with van der Waals surface area (Å²) in [7, 11) is 1.74. The molecule has 0 aromatic heterocycles. The van der Waals surface area contributed by atoms with E-state index >= 15 is 0 Å². The minimum Gasteiger partial charge on any atom is -0.382 e. The number of piperidine rings is 1. The molecule has 2 atom stereocenters. The van der Waals surface area contributed by atoms with Crippen molar-refractivity contribution < 1.29 is 4.92 Å². The Labute approximate surface area is 120 Å². The second-order valence-corrected chi connectivity index (χ2v) is 5.65. The second kappa shape index (κ2) is 6.22.